The third kappa shape index (κ3) is 3.99. The molecule has 0 bridgehead atoms. The summed E-state index contributed by atoms with van der Waals surface area (Å²) in [4.78, 5) is 26.5. The molecule has 1 aliphatic heterocycles. The first-order valence-corrected chi connectivity index (χ1v) is 8.57. The number of esters is 1. The maximum absolute atomic E-state index is 11.9. The Labute approximate surface area is 151 Å². The number of benzene rings is 1. The maximum atomic E-state index is 11.9. The van der Waals surface area contributed by atoms with Crippen molar-refractivity contribution in [2.24, 2.45) is 0 Å². The van der Waals surface area contributed by atoms with Crippen LogP contribution in [0.3, 0.4) is 0 Å². The number of piperazine rings is 1. The van der Waals surface area contributed by atoms with E-state index in [9.17, 15) is 9.59 Å². The van der Waals surface area contributed by atoms with Crippen LogP contribution in [0.25, 0.3) is 0 Å². The monoisotopic (exact) mass is 368 g/mol. The van der Waals surface area contributed by atoms with E-state index in [1.54, 1.807) is 12.1 Å². The molecule has 0 atom stereocenters. The summed E-state index contributed by atoms with van der Waals surface area (Å²) in [7, 11) is 1.35. The molecule has 0 spiro atoms. The molecule has 25 heavy (non-hydrogen) atoms. The molecule has 1 aliphatic carbocycles. The molecule has 1 N–H and O–H groups in total. The van der Waals surface area contributed by atoms with Crippen molar-refractivity contribution in [3.05, 3.63) is 28.8 Å². The van der Waals surface area contributed by atoms with Gasteiger partial charge in [-0.25, -0.2) is 9.59 Å². The van der Waals surface area contributed by atoms with Crippen LogP contribution in [0.2, 0.25) is 5.02 Å². The first kappa shape index (κ1) is 17.8. The van der Waals surface area contributed by atoms with E-state index < -0.39 is 11.7 Å². The number of hydrogen-bond acceptors (Lipinski definition) is 5. The van der Waals surface area contributed by atoms with Crippen LogP contribution in [0.5, 0.6) is 5.75 Å². The van der Waals surface area contributed by atoms with Gasteiger partial charge in [-0.1, -0.05) is 17.7 Å². The van der Waals surface area contributed by atoms with E-state index in [2.05, 4.69) is 4.90 Å². The van der Waals surface area contributed by atoms with Crippen molar-refractivity contribution in [1.82, 2.24) is 9.80 Å². The van der Waals surface area contributed by atoms with Crippen LogP contribution < -0.4 is 4.74 Å². The number of carbonyl (C=O) groups is 2. The van der Waals surface area contributed by atoms with E-state index in [1.807, 2.05) is 6.07 Å². The Balaban J connectivity index is 1.70. The fourth-order valence-corrected chi connectivity index (χ4v) is 3.11. The Morgan fingerprint density at radius 1 is 1.24 bits per heavy atom. The number of methoxy groups -OCH3 is 1. The van der Waals surface area contributed by atoms with Crippen molar-refractivity contribution in [2.75, 3.05) is 33.3 Å². The van der Waals surface area contributed by atoms with Crippen molar-refractivity contribution < 1.29 is 24.2 Å². The van der Waals surface area contributed by atoms with E-state index in [0.29, 0.717) is 56.3 Å². The van der Waals surface area contributed by atoms with Gasteiger partial charge in [-0.2, -0.15) is 0 Å². The molecule has 1 aromatic rings. The van der Waals surface area contributed by atoms with Gasteiger partial charge in [0.2, 0.25) is 5.60 Å². The molecule has 1 heterocycles. The van der Waals surface area contributed by atoms with Gasteiger partial charge < -0.3 is 19.5 Å². The van der Waals surface area contributed by atoms with Gasteiger partial charge in [0.05, 0.1) is 7.11 Å². The van der Waals surface area contributed by atoms with Gasteiger partial charge in [-0.05, 0) is 12.1 Å². The first-order valence-electron chi connectivity index (χ1n) is 8.19. The summed E-state index contributed by atoms with van der Waals surface area (Å²) in [6.07, 6.45) is 0.371. The highest BCUT2D eigenvalue weighted by atomic mass is 35.5. The SMILES string of the molecule is COC(=O)C1(Oc2cc(Cl)ccc2CN2CCN(C(=O)O)CC2)CC1. The van der Waals surface area contributed by atoms with Gasteiger partial charge in [0.1, 0.15) is 5.75 Å². The second-order valence-electron chi connectivity index (χ2n) is 6.39. The normalized spacial score (nSPS) is 19.4. The van der Waals surface area contributed by atoms with Gasteiger partial charge >= 0.3 is 12.1 Å². The molecule has 1 saturated carbocycles. The van der Waals surface area contributed by atoms with Crippen LogP contribution >= 0.6 is 11.6 Å². The van der Waals surface area contributed by atoms with Crippen molar-refractivity contribution in [1.29, 1.82) is 0 Å². The molecule has 2 aliphatic rings. The second-order valence-corrected chi connectivity index (χ2v) is 6.82. The third-order valence-electron chi connectivity index (χ3n) is 4.63. The zero-order valence-electron chi connectivity index (χ0n) is 14.0. The van der Waals surface area contributed by atoms with Crippen molar-refractivity contribution in [3.63, 3.8) is 0 Å². The molecule has 2 fully saturated rings. The lowest BCUT2D eigenvalue weighted by Crippen LogP contribution is -2.47. The molecular weight excluding hydrogens is 348 g/mol. The van der Waals surface area contributed by atoms with Crippen LogP contribution in [-0.2, 0) is 16.1 Å². The number of carbonyl (C=O) groups excluding carboxylic acids is 1. The van der Waals surface area contributed by atoms with Crippen LogP contribution in [0.15, 0.2) is 18.2 Å². The minimum Gasteiger partial charge on any atom is -0.475 e. The summed E-state index contributed by atoms with van der Waals surface area (Å²) >= 11 is 6.09. The molecule has 0 aromatic heterocycles. The lowest BCUT2D eigenvalue weighted by molar-refractivity contribution is -0.151. The number of halogens is 1. The van der Waals surface area contributed by atoms with E-state index in [-0.39, 0.29) is 5.97 Å². The first-order chi connectivity index (χ1) is 11.9. The van der Waals surface area contributed by atoms with Crippen molar-refractivity contribution in [2.45, 2.75) is 25.0 Å². The predicted molar refractivity (Wildman–Crippen MR) is 90.9 cm³/mol. The highest BCUT2D eigenvalue weighted by Crippen LogP contribution is 2.43. The minimum absolute atomic E-state index is 0.367. The van der Waals surface area contributed by atoms with Gasteiger partial charge in [0.25, 0.3) is 0 Å². The van der Waals surface area contributed by atoms with E-state index in [1.165, 1.54) is 12.0 Å². The molecule has 0 unspecified atom stereocenters. The van der Waals surface area contributed by atoms with E-state index >= 15 is 0 Å². The summed E-state index contributed by atoms with van der Waals surface area (Å²) in [5, 5.41) is 9.56. The number of ether oxygens (including phenoxy) is 2. The van der Waals surface area contributed by atoms with Gasteiger partial charge in [-0.3, -0.25) is 4.90 Å². The largest absolute Gasteiger partial charge is 0.475 e. The molecule has 7 nitrogen and oxygen atoms in total. The lowest BCUT2D eigenvalue weighted by Gasteiger charge is -2.33. The van der Waals surface area contributed by atoms with Crippen molar-refractivity contribution in [3.8, 4) is 5.75 Å². The quantitative estimate of drug-likeness (QED) is 0.803. The average molecular weight is 369 g/mol. The van der Waals surface area contributed by atoms with Gasteiger partial charge in [0.15, 0.2) is 0 Å². The third-order valence-corrected chi connectivity index (χ3v) is 4.87. The van der Waals surface area contributed by atoms with E-state index in [0.717, 1.165) is 5.56 Å². The maximum Gasteiger partial charge on any atom is 0.407 e. The minimum atomic E-state index is -0.893. The molecule has 136 valence electrons. The standard InChI is InChI=1S/C17H21ClN2O5/c1-24-15(21)17(4-5-17)25-14-10-13(18)3-2-12(14)11-19-6-8-20(9-7-19)16(22)23/h2-3,10H,4-9,11H2,1H3,(H,22,23). The molecule has 3 rings (SSSR count). The molecule has 1 saturated heterocycles. The molecule has 1 amide bonds. The summed E-state index contributed by atoms with van der Waals surface area (Å²) in [6, 6.07) is 5.39. The Hall–Kier alpha value is -1.99. The predicted octanol–water partition coefficient (Wildman–Crippen LogP) is 2.22. The smallest absolute Gasteiger partial charge is 0.407 e. The number of hydrogen-bond donors (Lipinski definition) is 1. The Morgan fingerprint density at radius 3 is 2.48 bits per heavy atom. The summed E-state index contributed by atoms with van der Waals surface area (Å²) in [5.74, 6) is 0.213. The number of rotatable bonds is 5. The zero-order valence-corrected chi connectivity index (χ0v) is 14.8. The number of nitrogens with zero attached hydrogens (tertiary/aromatic N) is 2. The van der Waals surface area contributed by atoms with Crippen LogP contribution in [0, 0.1) is 0 Å². The Bertz CT molecular complexity index is 669. The van der Waals surface area contributed by atoms with E-state index in [4.69, 9.17) is 26.2 Å². The molecule has 0 radical (unpaired) electrons. The van der Waals surface area contributed by atoms with Crippen LogP contribution in [-0.4, -0.2) is 65.9 Å². The average Bonchev–Trinajstić information content (AvgIpc) is 3.38. The van der Waals surface area contributed by atoms with Crippen molar-refractivity contribution >= 4 is 23.7 Å². The summed E-state index contributed by atoms with van der Waals surface area (Å²) in [5.41, 5.74) is 0.0271. The topological polar surface area (TPSA) is 79.3 Å². The van der Waals surface area contributed by atoms with Gasteiger partial charge in [0, 0.05) is 56.2 Å². The zero-order chi connectivity index (χ0) is 18.0. The Kier molecular flexibility index (Phi) is 5.06. The fourth-order valence-electron chi connectivity index (χ4n) is 2.95. The lowest BCUT2D eigenvalue weighted by atomic mass is 10.1. The highest BCUT2D eigenvalue weighted by Gasteiger charge is 2.54. The van der Waals surface area contributed by atoms with Crippen LogP contribution in [0.1, 0.15) is 18.4 Å². The summed E-state index contributed by atoms with van der Waals surface area (Å²) in [6.45, 7) is 2.86. The van der Waals surface area contributed by atoms with Crippen LogP contribution in [0.4, 0.5) is 4.79 Å². The molecule has 8 heteroatoms. The molecule has 1 aromatic carbocycles. The number of amides is 1. The Morgan fingerprint density at radius 2 is 1.92 bits per heavy atom. The number of carboxylic acid groups (broad SMARTS) is 1. The highest BCUT2D eigenvalue weighted by molar-refractivity contribution is 6.30. The van der Waals surface area contributed by atoms with Gasteiger partial charge in [-0.15, -0.1) is 0 Å². The summed E-state index contributed by atoms with van der Waals surface area (Å²) < 4.78 is 10.8. The fraction of sp³-hybridized carbons (Fsp3) is 0.529. The molecular formula is C17H21ClN2O5. The second kappa shape index (κ2) is 7.09.